The van der Waals surface area contributed by atoms with Crippen molar-refractivity contribution in [3.63, 3.8) is 0 Å². The Hall–Kier alpha value is -4.15. The third-order valence-electron chi connectivity index (χ3n) is 10.8. The maximum atomic E-state index is 14.7. The normalized spacial score (nSPS) is 25.7. The minimum absolute atomic E-state index is 0.0495. The quantitative estimate of drug-likeness (QED) is 0.205. The highest BCUT2D eigenvalue weighted by Gasteiger charge is 2.61. The largest absolute Gasteiger partial charge is 0.460 e. The Labute approximate surface area is 333 Å². The van der Waals surface area contributed by atoms with E-state index < -0.39 is 51.2 Å². The molecule has 1 saturated carbocycles. The van der Waals surface area contributed by atoms with Crippen LogP contribution in [0.2, 0.25) is 0 Å². The van der Waals surface area contributed by atoms with Crippen molar-refractivity contribution in [1.29, 1.82) is 0 Å². The molecule has 1 saturated heterocycles. The molecule has 2 aromatic heterocycles. The Balaban J connectivity index is 1.35. The molecule has 1 aliphatic carbocycles. The SMILES string of the molecule is CC(C)n1c(O[C@@H]2C[C@H]3C(=O)C[C@]4(C(=O)NS(=O)(=O)N(C)C)C[C@@H]4/C=C\CCCCC[C@H](CC(=O)OC(C)(C)C)C(=O)N3C2)nc2c(-c3nccs3)cccc21. The summed E-state index contributed by atoms with van der Waals surface area (Å²) in [6.07, 6.45) is 8.49. The van der Waals surface area contributed by atoms with E-state index in [2.05, 4.69) is 9.71 Å². The van der Waals surface area contributed by atoms with Crippen molar-refractivity contribution >= 4 is 56.1 Å². The molecule has 0 radical (unpaired) electrons. The lowest BCUT2D eigenvalue weighted by molar-refractivity contribution is -0.159. The highest BCUT2D eigenvalue weighted by atomic mass is 32.2. The molecule has 2 fully saturated rings. The fraction of sp³-hybridized carbons (Fsp3) is 0.600. The number of benzene rings is 1. The Kier molecular flexibility index (Phi) is 12.1. The van der Waals surface area contributed by atoms with Crippen LogP contribution in [0.3, 0.4) is 0 Å². The summed E-state index contributed by atoms with van der Waals surface area (Å²) in [6, 6.07) is 5.20. The topological polar surface area (TPSA) is 170 Å². The summed E-state index contributed by atoms with van der Waals surface area (Å²) in [7, 11) is -1.48. The number of carbonyl (C=O) groups excluding carboxylic acids is 4. The average molecular weight is 811 g/mol. The summed E-state index contributed by atoms with van der Waals surface area (Å²) < 4.78 is 42.9. The first-order chi connectivity index (χ1) is 26.4. The van der Waals surface area contributed by atoms with E-state index in [1.165, 1.54) is 30.3 Å². The molecule has 3 aromatic rings. The van der Waals surface area contributed by atoms with Crippen molar-refractivity contribution in [2.75, 3.05) is 20.6 Å². The molecule has 0 unspecified atom stereocenters. The van der Waals surface area contributed by atoms with Crippen molar-refractivity contribution in [1.82, 2.24) is 28.5 Å². The number of nitrogens with zero attached hydrogens (tertiary/aromatic N) is 5. The number of imidazole rings is 1. The summed E-state index contributed by atoms with van der Waals surface area (Å²) in [4.78, 5) is 67.2. The molecule has 2 amide bonds. The van der Waals surface area contributed by atoms with E-state index in [9.17, 15) is 27.6 Å². The number of Topliss-reactive ketones (excluding diaryl/α,β-unsaturated/α-hetero) is 1. The molecule has 0 bridgehead atoms. The van der Waals surface area contributed by atoms with Gasteiger partial charge in [-0.15, -0.1) is 11.3 Å². The third kappa shape index (κ3) is 9.02. The van der Waals surface area contributed by atoms with E-state index in [1.807, 2.05) is 54.1 Å². The number of ether oxygens (including phenoxy) is 2. The van der Waals surface area contributed by atoms with Gasteiger partial charge in [-0.3, -0.25) is 23.7 Å². The standard InChI is InChI=1S/C40H54N6O8S2/c1-25(2)46-30-17-13-16-29(35-41-18-19-55-35)34(30)42-38(46)53-28-21-31-32(47)23-40(37(50)43-56(51,52)44(6)7)22-27(40)15-12-10-8-9-11-14-26(36(49)45(31)24-28)20-33(48)54-39(3,4)5/h12-13,15-19,25-28,31H,8-11,14,20-24H2,1-7H3,(H,43,50)/b15-12-/t26-,27+,28-,31+,40-/m1/s1. The van der Waals surface area contributed by atoms with Crippen LogP contribution < -0.4 is 9.46 Å². The number of esters is 1. The number of rotatable bonds is 9. The van der Waals surface area contributed by atoms with Crippen molar-refractivity contribution in [2.45, 2.75) is 116 Å². The van der Waals surface area contributed by atoms with Gasteiger partial charge in [-0.1, -0.05) is 31.1 Å². The van der Waals surface area contributed by atoms with Gasteiger partial charge in [-0.25, -0.2) is 9.71 Å². The van der Waals surface area contributed by atoms with E-state index in [-0.39, 0.29) is 49.5 Å². The molecule has 14 nitrogen and oxygen atoms in total. The molecular formula is C40H54N6O8S2. The lowest BCUT2D eigenvalue weighted by atomic mass is 9.90. The highest BCUT2D eigenvalue weighted by molar-refractivity contribution is 7.87. The lowest BCUT2D eigenvalue weighted by Gasteiger charge is -2.29. The summed E-state index contributed by atoms with van der Waals surface area (Å²) in [5.41, 5.74) is 0.404. The summed E-state index contributed by atoms with van der Waals surface area (Å²) in [5, 5.41) is 2.72. The monoisotopic (exact) mass is 810 g/mol. The first-order valence-electron chi connectivity index (χ1n) is 19.4. The highest BCUT2D eigenvalue weighted by Crippen LogP contribution is 2.57. The molecule has 6 rings (SSSR count). The number of thiazole rings is 1. The number of aromatic nitrogens is 3. The maximum absolute atomic E-state index is 14.7. The van der Waals surface area contributed by atoms with Crippen molar-refractivity contribution in [3.05, 3.63) is 41.9 Å². The van der Waals surface area contributed by atoms with Crippen molar-refractivity contribution in [2.24, 2.45) is 17.3 Å². The molecule has 0 spiro atoms. The zero-order valence-electron chi connectivity index (χ0n) is 33.3. The molecule has 16 heteroatoms. The van der Waals surface area contributed by atoms with Gasteiger partial charge in [0, 0.05) is 56.0 Å². The first kappa shape index (κ1) is 41.5. The number of carbonyl (C=O) groups is 4. The zero-order chi connectivity index (χ0) is 40.6. The number of amides is 2. The Morgan fingerprint density at radius 2 is 1.91 bits per heavy atom. The van der Waals surface area contributed by atoms with Gasteiger partial charge in [-0.2, -0.15) is 17.7 Å². The Morgan fingerprint density at radius 3 is 2.59 bits per heavy atom. The smallest absolute Gasteiger partial charge is 0.307 e. The zero-order valence-corrected chi connectivity index (χ0v) is 35.0. The van der Waals surface area contributed by atoms with Gasteiger partial charge < -0.3 is 14.4 Å². The molecule has 3 aliphatic rings. The average Bonchev–Trinajstić information content (AvgIpc) is 3.51. The van der Waals surface area contributed by atoms with Crippen molar-refractivity contribution in [3.8, 4) is 16.6 Å². The van der Waals surface area contributed by atoms with E-state index in [4.69, 9.17) is 14.5 Å². The fourth-order valence-corrected chi connectivity index (χ4v) is 9.16. The molecule has 56 heavy (non-hydrogen) atoms. The number of hydrogen-bond donors (Lipinski definition) is 1. The number of allylic oxidation sites excluding steroid dienone is 2. The Bertz CT molecular complexity index is 2090. The van der Waals surface area contributed by atoms with Gasteiger partial charge in [0.05, 0.1) is 29.9 Å². The van der Waals surface area contributed by atoms with Gasteiger partial charge in [-0.05, 0) is 78.4 Å². The van der Waals surface area contributed by atoms with Crippen LogP contribution in [-0.2, 0) is 34.1 Å². The van der Waals surface area contributed by atoms with Crippen LogP contribution in [0.1, 0.15) is 98.4 Å². The second-order valence-corrected chi connectivity index (χ2v) is 19.5. The van der Waals surface area contributed by atoms with E-state index in [0.29, 0.717) is 25.3 Å². The number of fused-ring (bicyclic) bond motifs is 3. The van der Waals surface area contributed by atoms with Crippen molar-refractivity contribution < 1.29 is 37.1 Å². The number of hydrogen-bond acceptors (Lipinski definition) is 11. The Morgan fingerprint density at radius 1 is 1.14 bits per heavy atom. The van der Waals surface area contributed by atoms with Gasteiger partial charge in [0.1, 0.15) is 22.2 Å². The van der Waals surface area contributed by atoms with E-state index in [1.54, 1.807) is 27.0 Å². The van der Waals surface area contributed by atoms with Crippen LogP contribution in [-0.4, -0.2) is 94.1 Å². The number of ketones is 1. The van der Waals surface area contributed by atoms with E-state index in [0.717, 1.165) is 45.2 Å². The number of nitrogens with one attached hydrogen (secondary N) is 1. The molecule has 4 heterocycles. The molecule has 2 aliphatic heterocycles. The van der Waals surface area contributed by atoms with Crippen LogP contribution in [0.25, 0.3) is 21.6 Å². The van der Waals surface area contributed by atoms with Crippen LogP contribution in [0.4, 0.5) is 0 Å². The summed E-state index contributed by atoms with van der Waals surface area (Å²) >= 11 is 1.51. The molecule has 1 N–H and O–H groups in total. The minimum Gasteiger partial charge on any atom is -0.460 e. The van der Waals surface area contributed by atoms with Gasteiger partial charge in [0.2, 0.25) is 11.8 Å². The van der Waals surface area contributed by atoms with E-state index >= 15 is 0 Å². The molecule has 304 valence electrons. The second kappa shape index (κ2) is 16.4. The third-order valence-corrected chi connectivity index (χ3v) is 13.0. The van der Waals surface area contributed by atoms with Gasteiger partial charge in [0.15, 0.2) is 5.78 Å². The van der Waals surface area contributed by atoms with Gasteiger partial charge in [0.25, 0.3) is 6.01 Å². The molecule has 1 aromatic carbocycles. The number of para-hydroxylation sites is 1. The minimum atomic E-state index is -4.13. The lowest BCUT2D eigenvalue weighted by Crippen LogP contribution is -2.47. The predicted octanol–water partition coefficient (Wildman–Crippen LogP) is 5.85. The maximum Gasteiger partial charge on any atom is 0.307 e. The van der Waals surface area contributed by atoms with Crippen LogP contribution >= 0.6 is 11.3 Å². The van der Waals surface area contributed by atoms with Gasteiger partial charge >= 0.3 is 16.2 Å². The van der Waals surface area contributed by atoms with Crippen LogP contribution in [0.15, 0.2) is 41.9 Å². The summed E-state index contributed by atoms with van der Waals surface area (Å²) in [5.74, 6) is -3.04. The summed E-state index contributed by atoms with van der Waals surface area (Å²) in [6.45, 7) is 9.44. The molecular weight excluding hydrogens is 757 g/mol. The fourth-order valence-electron chi connectivity index (χ4n) is 7.88. The predicted molar refractivity (Wildman–Crippen MR) is 213 cm³/mol. The van der Waals surface area contributed by atoms with Crippen LogP contribution in [0.5, 0.6) is 6.01 Å². The second-order valence-electron chi connectivity index (χ2n) is 16.7. The molecule has 5 atom stereocenters. The first-order valence-corrected chi connectivity index (χ1v) is 21.8. The van der Waals surface area contributed by atoms with Crippen LogP contribution in [0, 0.1) is 17.3 Å².